The van der Waals surface area contributed by atoms with Crippen molar-refractivity contribution in [1.82, 2.24) is 5.01 Å². The number of hydrogen-bond donors (Lipinski definition) is 1. The highest BCUT2D eigenvalue weighted by atomic mass is 16.5. The van der Waals surface area contributed by atoms with Crippen LogP contribution in [0.15, 0.2) is 24.0 Å². The first kappa shape index (κ1) is 14.5. The van der Waals surface area contributed by atoms with Crippen LogP contribution < -0.4 is 5.84 Å². The topological polar surface area (TPSA) is 55.6 Å². The maximum atomic E-state index is 12.4. The minimum Gasteiger partial charge on any atom is -0.485 e. The lowest BCUT2D eigenvalue weighted by Gasteiger charge is -2.58. The van der Waals surface area contributed by atoms with Crippen LogP contribution in [0.2, 0.25) is 0 Å². The number of carbonyl (C=O) groups excluding carboxylic acids is 1. The fraction of sp³-hybridized carbons (Fsp3) is 0.722. The summed E-state index contributed by atoms with van der Waals surface area (Å²) in [5, 5.41) is 2.01. The molecule has 2 N–H and O–H groups in total. The van der Waals surface area contributed by atoms with Gasteiger partial charge in [0.25, 0.3) is 0 Å². The monoisotopic (exact) mass is 302 g/mol. The van der Waals surface area contributed by atoms with Crippen LogP contribution in [0.3, 0.4) is 0 Å². The van der Waals surface area contributed by atoms with E-state index >= 15 is 0 Å². The van der Waals surface area contributed by atoms with Gasteiger partial charge in [-0.3, -0.25) is 10.6 Å². The van der Waals surface area contributed by atoms with E-state index in [0.29, 0.717) is 30.1 Å². The van der Waals surface area contributed by atoms with Crippen LogP contribution >= 0.6 is 0 Å². The highest BCUT2D eigenvalue weighted by Crippen LogP contribution is 2.64. The van der Waals surface area contributed by atoms with Crippen molar-refractivity contribution in [3.63, 3.8) is 0 Å². The van der Waals surface area contributed by atoms with E-state index in [4.69, 9.17) is 10.6 Å². The predicted molar refractivity (Wildman–Crippen MR) is 84.5 cm³/mol. The van der Waals surface area contributed by atoms with E-state index in [1.807, 2.05) is 5.01 Å². The summed E-state index contributed by atoms with van der Waals surface area (Å²) in [6.45, 7) is 9.40. The largest absolute Gasteiger partial charge is 0.485 e. The number of ether oxygens (including phenoxy) is 1. The second-order valence-electron chi connectivity index (χ2n) is 7.78. The molecule has 1 spiro atoms. The summed E-state index contributed by atoms with van der Waals surface area (Å²) in [5.74, 6) is 8.36. The molecule has 4 rings (SSSR count). The van der Waals surface area contributed by atoms with Crippen molar-refractivity contribution in [2.75, 3.05) is 6.54 Å². The van der Waals surface area contributed by atoms with Gasteiger partial charge >= 0.3 is 0 Å². The first-order valence-electron chi connectivity index (χ1n) is 8.59. The smallest absolute Gasteiger partial charge is 0.197 e. The van der Waals surface area contributed by atoms with Gasteiger partial charge in [0.2, 0.25) is 0 Å². The minimum atomic E-state index is -0.0508. The molecule has 5 atom stereocenters. The number of carbonyl (C=O) groups is 1. The molecule has 0 aromatic heterocycles. The molecule has 2 aliphatic heterocycles. The minimum absolute atomic E-state index is 0.0508. The standard InChI is InChI=1S/C18H26N2O2/c1-4-12-13-9-11-5-6-14(21)16-15(11)18(12,7-8-20(13)19)17(22-16)10(2)3/h4,10-13,17H,1,5-9,19H2,2-3H3. The summed E-state index contributed by atoms with van der Waals surface area (Å²) >= 11 is 0. The third-order valence-corrected chi connectivity index (χ3v) is 6.48. The lowest BCUT2D eigenvalue weighted by Crippen LogP contribution is -2.64. The molecule has 1 saturated heterocycles. The second-order valence-corrected chi connectivity index (χ2v) is 7.78. The predicted octanol–water partition coefficient (Wildman–Crippen LogP) is 2.41. The zero-order valence-electron chi connectivity index (χ0n) is 13.5. The summed E-state index contributed by atoms with van der Waals surface area (Å²) in [6.07, 6.45) is 5.76. The van der Waals surface area contributed by atoms with Crippen LogP contribution in [-0.2, 0) is 9.53 Å². The van der Waals surface area contributed by atoms with Crippen molar-refractivity contribution >= 4 is 5.78 Å². The van der Waals surface area contributed by atoms with Gasteiger partial charge in [0.05, 0.1) is 0 Å². The van der Waals surface area contributed by atoms with Crippen molar-refractivity contribution < 1.29 is 9.53 Å². The molecule has 4 heteroatoms. The number of Topliss-reactive ketones (excluding diaryl/α,β-unsaturated/α-hetero) is 1. The number of fused-ring (bicyclic) bond motifs is 1. The average Bonchev–Trinajstić information content (AvgIpc) is 2.84. The Bertz CT molecular complexity index is 567. The molecule has 0 amide bonds. The maximum absolute atomic E-state index is 12.4. The molecule has 5 unspecified atom stereocenters. The number of nitrogens with zero attached hydrogens (tertiary/aromatic N) is 1. The van der Waals surface area contributed by atoms with E-state index in [9.17, 15) is 4.79 Å². The van der Waals surface area contributed by atoms with E-state index < -0.39 is 0 Å². The number of hydrazine groups is 1. The first-order chi connectivity index (χ1) is 10.5. The fourth-order valence-corrected chi connectivity index (χ4v) is 5.75. The van der Waals surface area contributed by atoms with Crippen molar-refractivity contribution in [3.05, 3.63) is 24.0 Å². The van der Waals surface area contributed by atoms with Gasteiger partial charge in [-0.2, -0.15) is 0 Å². The van der Waals surface area contributed by atoms with E-state index in [-0.39, 0.29) is 23.2 Å². The number of nitrogens with two attached hydrogens (primary N) is 1. The van der Waals surface area contributed by atoms with Crippen LogP contribution in [-0.4, -0.2) is 29.5 Å². The summed E-state index contributed by atoms with van der Waals surface area (Å²) in [4.78, 5) is 12.4. The number of piperidine rings is 1. The molecule has 2 heterocycles. The number of rotatable bonds is 2. The van der Waals surface area contributed by atoms with Gasteiger partial charge in [-0.1, -0.05) is 19.9 Å². The first-order valence-corrected chi connectivity index (χ1v) is 8.59. The van der Waals surface area contributed by atoms with Crippen LogP contribution in [0.1, 0.15) is 39.5 Å². The maximum Gasteiger partial charge on any atom is 0.197 e. The van der Waals surface area contributed by atoms with Crippen LogP contribution in [0.5, 0.6) is 0 Å². The van der Waals surface area contributed by atoms with E-state index in [2.05, 4.69) is 26.5 Å². The third-order valence-electron chi connectivity index (χ3n) is 6.48. The fourth-order valence-electron chi connectivity index (χ4n) is 5.75. The van der Waals surface area contributed by atoms with Gasteiger partial charge in [0.1, 0.15) is 6.10 Å². The highest BCUT2D eigenvalue weighted by Gasteiger charge is 2.65. The van der Waals surface area contributed by atoms with Gasteiger partial charge in [0, 0.05) is 30.3 Å². The van der Waals surface area contributed by atoms with Gasteiger partial charge in [-0.25, -0.2) is 5.01 Å². The Morgan fingerprint density at radius 2 is 2.27 bits per heavy atom. The lowest BCUT2D eigenvalue weighted by molar-refractivity contribution is -0.121. The van der Waals surface area contributed by atoms with Gasteiger partial charge < -0.3 is 4.74 Å². The number of allylic oxidation sites excluding steroid dienone is 1. The van der Waals surface area contributed by atoms with Crippen molar-refractivity contribution in [3.8, 4) is 0 Å². The Balaban J connectivity index is 1.92. The summed E-state index contributed by atoms with van der Waals surface area (Å²) in [6, 6.07) is 0.331. The number of hydrogen-bond acceptors (Lipinski definition) is 4. The van der Waals surface area contributed by atoms with Crippen LogP contribution in [0.25, 0.3) is 0 Å². The van der Waals surface area contributed by atoms with Crippen molar-refractivity contribution in [2.24, 2.45) is 29.0 Å². The Hall–Kier alpha value is -1.13. The summed E-state index contributed by atoms with van der Waals surface area (Å²) in [7, 11) is 0. The van der Waals surface area contributed by atoms with Crippen molar-refractivity contribution in [1.29, 1.82) is 0 Å². The Morgan fingerprint density at radius 1 is 1.50 bits per heavy atom. The van der Waals surface area contributed by atoms with Crippen molar-refractivity contribution in [2.45, 2.75) is 51.7 Å². The molecule has 1 saturated carbocycles. The van der Waals surface area contributed by atoms with E-state index in [0.717, 1.165) is 25.8 Å². The zero-order chi connectivity index (χ0) is 15.6. The molecular weight excluding hydrogens is 276 g/mol. The van der Waals surface area contributed by atoms with E-state index in [1.54, 1.807) is 0 Å². The SMILES string of the molecule is C=CC1C2CC3CCC(=O)C4=C3C1(CCN2N)C(C(C)C)O4. The Kier molecular flexibility index (Phi) is 3.08. The molecule has 120 valence electrons. The lowest BCUT2D eigenvalue weighted by atomic mass is 9.50. The normalized spacial score (nSPS) is 44.1. The molecule has 0 aromatic carbocycles. The molecule has 0 aromatic rings. The quantitative estimate of drug-likeness (QED) is 0.629. The Morgan fingerprint density at radius 3 is 2.95 bits per heavy atom. The van der Waals surface area contributed by atoms with Gasteiger partial charge in [0.15, 0.2) is 11.5 Å². The number of ketones is 1. The molecule has 2 fully saturated rings. The molecule has 2 aliphatic carbocycles. The zero-order valence-corrected chi connectivity index (χ0v) is 13.5. The third kappa shape index (κ3) is 1.57. The Labute approximate surface area is 132 Å². The summed E-state index contributed by atoms with van der Waals surface area (Å²) in [5.41, 5.74) is 1.28. The van der Waals surface area contributed by atoms with Gasteiger partial charge in [-0.05, 0) is 36.7 Å². The molecule has 4 nitrogen and oxygen atoms in total. The molecule has 4 aliphatic rings. The van der Waals surface area contributed by atoms with Crippen LogP contribution in [0.4, 0.5) is 0 Å². The average molecular weight is 302 g/mol. The molecule has 22 heavy (non-hydrogen) atoms. The molecule has 0 radical (unpaired) electrons. The van der Waals surface area contributed by atoms with Crippen LogP contribution in [0, 0.1) is 23.2 Å². The van der Waals surface area contributed by atoms with E-state index in [1.165, 1.54) is 5.57 Å². The second kappa shape index (κ2) is 4.68. The molecular formula is C18H26N2O2. The summed E-state index contributed by atoms with van der Waals surface area (Å²) < 4.78 is 6.32. The van der Waals surface area contributed by atoms with Gasteiger partial charge in [-0.15, -0.1) is 6.58 Å². The molecule has 2 bridgehead atoms. The highest BCUT2D eigenvalue weighted by molar-refractivity contribution is 5.96.